The summed E-state index contributed by atoms with van der Waals surface area (Å²) in [6.07, 6.45) is 6.25. The fraction of sp³-hybridized carbons (Fsp3) is 0.273. The molecule has 1 aromatic heterocycles. The van der Waals surface area contributed by atoms with Gasteiger partial charge in [0.15, 0.2) is 0 Å². The number of carbonyl (C=O) groups is 1. The van der Waals surface area contributed by atoms with E-state index in [0.29, 0.717) is 17.7 Å². The van der Waals surface area contributed by atoms with Gasteiger partial charge in [0.25, 0.3) is 5.91 Å². The second-order valence-electron chi connectivity index (χ2n) is 6.79. The van der Waals surface area contributed by atoms with Crippen LogP contribution in [0.3, 0.4) is 0 Å². The molecule has 0 bridgehead atoms. The lowest BCUT2D eigenvalue weighted by Gasteiger charge is -2.25. The van der Waals surface area contributed by atoms with Crippen molar-refractivity contribution in [3.63, 3.8) is 0 Å². The van der Waals surface area contributed by atoms with Crippen LogP contribution in [0.15, 0.2) is 67.3 Å². The van der Waals surface area contributed by atoms with E-state index in [-0.39, 0.29) is 17.9 Å². The predicted molar refractivity (Wildman–Crippen MR) is 105 cm³/mol. The molecule has 0 aliphatic heterocycles. The van der Waals surface area contributed by atoms with Crippen LogP contribution in [0.5, 0.6) is 0 Å². The molecule has 0 unspecified atom stereocenters. The lowest BCUT2D eigenvalue weighted by molar-refractivity contribution is 0.0917. The molecule has 1 amide bonds. The Morgan fingerprint density at radius 1 is 1.22 bits per heavy atom. The van der Waals surface area contributed by atoms with Crippen molar-refractivity contribution >= 4 is 5.91 Å². The summed E-state index contributed by atoms with van der Waals surface area (Å²) in [6.45, 7) is 4.82. The van der Waals surface area contributed by atoms with Gasteiger partial charge in [0.1, 0.15) is 5.82 Å². The lowest BCUT2D eigenvalue weighted by atomic mass is 9.98. The van der Waals surface area contributed by atoms with E-state index in [9.17, 15) is 9.18 Å². The molecule has 4 nitrogen and oxygen atoms in total. The molecule has 0 saturated heterocycles. The van der Waals surface area contributed by atoms with Crippen molar-refractivity contribution in [3.05, 3.63) is 78.6 Å². The summed E-state index contributed by atoms with van der Waals surface area (Å²) in [6, 6.07) is 13.9. The number of carbonyl (C=O) groups excluding carboxylic acids is 1. The highest BCUT2D eigenvalue weighted by Gasteiger charge is 2.20. The van der Waals surface area contributed by atoms with Gasteiger partial charge in [-0.3, -0.25) is 4.79 Å². The molecule has 1 N–H and O–H groups in total. The monoisotopic (exact) mass is 365 g/mol. The first-order valence-corrected chi connectivity index (χ1v) is 9.20. The van der Waals surface area contributed by atoms with Crippen molar-refractivity contribution in [2.24, 2.45) is 5.92 Å². The molecule has 0 fully saturated rings. The molecule has 3 rings (SSSR count). The summed E-state index contributed by atoms with van der Waals surface area (Å²) < 4.78 is 16.5. The molecule has 0 aliphatic rings. The number of imidazole rings is 1. The number of nitrogens with one attached hydrogen (secondary N) is 1. The molecule has 0 aliphatic carbocycles. The summed E-state index contributed by atoms with van der Waals surface area (Å²) in [4.78, 5) is 16.7. The zero-order valence-electron chi connectivity index (χ0n) is 15.6. The highest BCUT2D eigenvalue weighted by molar-refractivity contribution is 5.95. The standard InChI is InChI=1S/C22H24FN3O/c1-3-16(2)21(14-26-12-11-24-15-26)25-22(27)18-9-10-19(20(23)13-18)17-7-5-4-6-8-17/h4-13,15-16,21H,3,14H2,1-2H3,(H,25,27)/t16-,21+/m0/s1. The van der Waals surface area contributed by atoms with Gasteiger partial charge >= 0.3 is 0 Å². The average molecular weight is 365 g/mol. The van der Waals surface area contributed by atoms with Crippen molar-refractivity contribution in [3.8, 4) is 11.1 Å². The first kappa shape index (κ1) is 18.8. The van der Waals surface area contributed by atoms with Gasteiger partial charge in [-0.15, -0.1) is 0 Å². The number of benzene rings is 2. The summed E-state index contributed by atoms with van der Waals surface area (Å²) in [5, 5.41) is 3.05. The topological polar surface area (TPSA) is 46.9 Å². The van der Waals surface area contributed by atoms with Crippen LogP contribution in [-0.4, -0.2) is 21.5 Å². The Morgan fingerprint density at radius 3 is 2.63 bits per heavy atom. The maximum atomic E-state index is 14.6. The Labute approximate surface area is 159 Å². The van der Waals surface area contributed by atoms with Crippen LogP contribution in [0.1, 0.15) is 30.6 Å². The van der Waals surface area contributed by atoms with E-state index in [1.165, 1.54) is 6.07 Å². The third kappa shape index (κ3) is 4.61. The highest BCUT2D eigenvalue weighted by atomic mass is 19.1. The number of aromatic nitrogens is 2. The summed E-state index contributed by atoms with van der Waals surface area (Å²) in [5.41, 5.74) is 1.61. The Hall–Kier alpha value is -2.95. The van der Waals surface area contributed by atoms with E-state index < -0.39 is 5.82 Å². The highest BCUT2D eigenvalue weighted by Crippen LogP contribution is 2.23. The second-order valence-corrected chi connectivity index (χ2v) is 6.79. The van der Waals surface area contributed by atoms with Crippen LogP contribution >= 0.6 is 0 Å². The zero-order valence-corrected chi connectivity index (χ0v) is 15.6. The van der Waals surface area contributed by atoms with E-state index in [1.54, 1.807) is 24.7 Å². The fourth-order valence-corrected chi connectivity index (χ4v) is 3.03. The zero-order chi connectivity index (χ0) is 19.2. The molecule has 3 aromatic rings. The molecule has 2 aromatic carbocycles. The van der Waals surface area contributed by atoms with Crippen molar-refractivity contribution in [2.45, 2.75) is 32.9 Å². The molecule has 27 heavy (non-hydrogen) atoms. The van der Waals surface area contributed by atoms with Crippen LogP contribution < -0.4 is 5.32 Å². The number of hydrogen-bond donors (Lipinski definition) is 1. The fourth-order valence-electron chi connectivity index (χ4n) is 3.03. The summed E-state index contributed by atoms with van der Waals surface area (Å²) >= 11 is 0. The van der Waals surface area contributed by atoms with E-state index in [2.05, 4.69) is 24.1 Å². The molecule has 2 atom stereocenters. The van der Waals surface area contributed by atoms with Gasteiger partial charge in [0, 0.05) is 36.1 Å². The predicted octanol–water partition coefficient (Wildman–Crippen LogP) is 4.53. The first-order chi connectivity index (χ1) is 13.1. The van der Waals surface area contributed by atoms with E-state index in [4.69, 9.17) is 0 Å². The molecule has 5 heteroatoms. The summed E-state index contributed by atoms with van der Waals surface area (Å²) in [7, 11) is 0. The molecule has 0 saturated carbocycles. The minimum Gasteiger partial charge on any atom is -0.347 e. The second kappa shape index (κ2) is 8.62. The van der Waals surface area contributed by atoms with Gasteiger partial charge in [-0.1, -0.05) is 56.7 Å². The van der Waals surface area contributed by atoms with Crippen molar-refractivity contribution < 1.29 is 9.18 Å². The van der Waals surface area contributed by atoms with Gasteiger partial charge in [0.2, 0.25) is 0 Å². The number of halogens is 1. The van der Waals surface area contributed by atoms with Crippen LogP contribution in [0, 0.1) is 11.7 Å². The van der Waals surface area contributed by atoms with Crippen molar-refractivity contribution in [2.75, 3.05) is 0 Å². The molecule has 0 radical (unpaired) electrons. The Kier molecular flexibility index (Phi) is 6.01. The summed E-state index contributed by atoms with van der Waals surface area (Å²) in [5.74, 6) is -0.382. The number of hydrogen-bond acceptors (Lipinski definition) is 2. The van der Waals surface area contributed by atoms with Gasteiger partial charge in [0.05, 0.1) is 6.33 Å². The van der Waals surface area contributed by atoms with Crippen molar-refractivity contribution in [1.29, 1.82) is 0 Å². The van der Waals surface area contributed by atoms with Crippen LogP contribution in [-0.2, 0) is 6.54 Å². The average Bonchev–Trinajstić information content (AvgIpc) is 3.20. The lowest BCUT2D eigenvalue weighted by Crippen LogP contribution is -2.42. The maximum Gasteiger partial charge on any atom is 0.251 e. The molecule has 0 spiro atoms. The molecular formula is C22H24FN3O. The third-order valence-corrected chi connectivity index (χ3v) is 4.93. The smallest absolute Gasteiger partial charge is 0.251 e. The Bertz CT molecular complexity index is 878. The Balaban J connectivity index is 1.76. The normalized spacial score (nSPS) is 13.1. The SMILES string of the molecule is CC[C@H](C)[C@@H](Cn1ccnc1)NC(=O)c1ccc(-c2ccccc2)c(F)c1. The molecular weight excluding hydrogens is 341 g/mol. The first-order valence-electron chi connectivity index (χ1n) is 9.20. The van der Waals surface area contributed by atoms with Crippen molar-refractivity contribution in [1.82, 2.24) is 14.9 Å². The van der Waals surface area contributed by atoms with Gasteiger partial charge in [-0.05, 0) is 23.6 Å². The van der Waals surface area contributed by atoms with Crippen LogP contribution in [0.4, 0.5) is 4.39 Å². The van der Waals surface area contributed by atoms with Gasteiger partial charge in [-0.25, -0.2) is 9.37 Å². The van der Waals surface area contributed by atoms with E-state index >= 15 is 0 Å². The minimum atomic E-state index is -0.399. The van der Waals surface area contributed by atoms with Gasteiger partial charge in [-0.2, -0.15) is 0 Å². The minimum absolute atomic E-state index is 0.0615. The van der Waals surface area contributed by atoms with E-state index in [0.717, 1.165) is 12.0 Å². The largest absolute Gasteiger partial charge is 0.347 e. The number of amides is 1. The maximum absolute atomic E-state index is 14.6. The Morgan fingerprint density at radius 2 is 2.00 bits per heavy atom. The quantitative estimate of drug-likeness (QED) is 0.668. The number of nitrogens with zero attached hydrogens (tertiary/aromatic N) is 2. The van der Waals surface area contributed by atoms with Gasteiger partial charge < -0.3 is 9.88 Å². The molecule has 140 valence electrons. The third-order valence-electron chi connectivity index (χ3n) is 4.93. The number of rotatable bonds is 7. The van der Waals surface area contributed by atoms with Crippen LogP contribution in [0.2, 0.25) is 0 Å². The van der Waals surface area contributed by atoms with Crippen LogP contribution in [0.25, 0.3) is 11.1 Å². The molecule has 1 heterocycles. The van der Waals surface area contributed by atoms with E-state index in [1.807, 2.05) is 41.1 Å².